The Morgan fingerprint density at radius 3 is 2.83 bits per heavy atom. The smallest absolute Gasteiger partial charge is 0.311 e. The fourth-order valence-corrected chi connectivity index (χ4v) is 2.08. The van der Waals surface area contributed by atoms with Crippen LogP contribution in [0.5, 0.6) is 11.5 Å². The number of carbonyl (C=O) groups excluding carboxylic acids is 1. The van der Waals surface area contributed by atoms with Crippen molar-refractivity contribution in [2.75, 3.05) is 12.4 Å². The van der Waals surface area contributed by atoms with Gasteiger partial charge in [0.25, 0.3) is 5.91 Å². The first-order valence-corrected chi connectivity index (χ1v) is 6.71. The van der Waals surface area contributed by atoms with E-state index in [1.54, 1.807) is 19.2 Å². The van der Waals surface area contributed by atoms with Crippen LogP contribution in [0, 0.1) is 17.0 Å². The monoisotopic (exact) mass is 318 g/mol. The molecular weight excluding hydrogens is 302 g/mol. The van der Waals surface area contributed by atoms with Crippen LogP contribution in [-0.2, 0) is 11.3 Å². The van der Waals surface area contributed by atoms with E-state index in [1.165, 1.54) is 36.1 Å². The van der Waals surface area contributed by atoms with E-state index in [0.29, 0.717) is 11.3 Å². The molecule has 8 heteroatoms. The minimum atomic E-state index is -0.542. The number of aromatic hydroxyl groups is 1. The van der Waals surface area contributed by atoms with E-state index >= 15 is 0 Å². The highest BCUT2D eigenvalue weighted by Crippen LogP contribution is 2.32. The first kappa shape index (κ1) is 16.2. The van der Waals surface area contributed by atoms with Crippen LogP contribution in [0.25, 0.3) is 0 Å². The highest BCUT2D eigenvalue weighted by atomic mass is 16.6. The average Bonchev–Trinajstić information content (AvgIpc) is 2.48. The van der Waals surface area contributed by atoms with Gasteiger partial charge in [0.2, 0.25) is 12.7 Å². The summed E-state index contributed by atoms with van der Waals surface area (Å²) in [5, 5.41) is 23.0. The zero-order valence-electron chi connectivity index (χ0n) is 12.6. The van der Waals surface area contributed by atoms with E-state index in [2.05, 4.69) is 5.32 Å². The van der Waals surface area contributed by atoms with Gasteiger partial charge in [-0.25, -0.2) is 0 Å². The van der Waals surface area contributed by atoms with E-state index in [-0.39, 0.29) is 29.6 Å². The average molecular weight is 318 g/mol. The number of nitro groups is 1. The van der Waals surface area contributed by atoms with Crippen molar-refractivity contribution >= 4 is 17.3 Å². The van der Waals surface area contributed by atoms with Crippen molar-refractivity contribution in [3.05, 3.63) is 52.3 Å². The van der Waals surface area contributed by atoms with Crippen LogP contribution in [0.1, 0.15) is 5.56 Å². The van der Waals surface area contributed by atoms with E-state index in [1.807, 2.05) is 0 Å². The molecule has 2 rings (SSSR count). The highest BCUT2D eigenvalue weighted by molar-refractivity contribution is 5.91. The number of nitrogens with zero attached hydrogens (tertiary/aromatic N) is 2. The largest absolute Gasteiger partial charge is 0.503 e. The zero-order valence-corrected chi connectivity index (χ0v) is 12.6. The lowest BCUT2D eigenvalue weighted by Crippen LogP contribution is -2.39. The molecule has 0 saturated carbocycles. The van der Waals surface area contributed by atoms with Crippen molar-refractivity contribution in [1.82, 2.24) is 0 Å². The summed E-state index contributed by atoms with van der Waals surface area (Å²) in [5.74, 6) is -0.214. The fraction of sp³-hybridized carbons (Fsp3) is 0.200. The van der Waals surface area contributed by atoms with Gasteiger partial charge in [-0.2, -0.15) is 4.57 Å². The Morgan fingerprint density at radius 1 is 1.48 bits per heavy atom. The number of hydrogen-bond donors (Lipinski definition) is 2. The molecule has 0 bridgehead atoms. The van der Waals surface area contributed by atoms with Crippen molar-refractivity contribution in [3.8, 4) is 11.5 Å². The van der Waals surface area contributed by atoms with Gasteiger partial charge in [-0.15, -0.1) is 0 Å². The van der Waals surface area contributed by atoms with Gasteiger partial charge >= 0.3 is 5.69 Å². The number of methoxy groups -OCH3 is 1. The van der Waals surface area contributed by atoms with E-state index in [0.717, 1.165) is 0 Å². The standard InChI is InChI=1S/C15H15N3O5/c1-10-6-13(18(21)22)14(23-2)7-12(10)16-15(20)9-17-5-3-4-11(19)8-17/h3-8H,9H2,1-2H3,(H-,16,19,20)/p+1. The molecule has 120 valence electrons. The van der Waals surface area contributed by atoms with Gasteiger partial charge in [-0.3, -0.25) is 14.9 Å². The predicted octanol–water partition coefficient (Wildman–Crippen LogP) is 1.54. The van der Waals surface area contributed by atoms with Gasteiger partial charge < -0.3 is 15.2 Å². The van der Waals surface area contributed by atoms with Crippen molar-refractivity contribution < 1.29 is 24.1 Å². The fourth-order valence-electron chi connectivity index (χ4n) is 2.08. The molecule has 0 aliphatic heterocycles. The topological polar surface area (TPSA) is 106 Å². The molecule has 23 heavy (non-hydrogen) atoms. The molecular formula is C15H16N3O5+. The van der Waals surface area contributed by atoms with Gasteiger partial charge in [0.15, 0.2) is 17.7 Å². The molecule has 0 aliphatic carbocycles. The summed E-state index contributed by atoms with van der Waals surface area (Å²) in [7, 11) is 1.33. The Balaban J connectivity index is 2.19. The second kappa shape index (κ2) is 6.73. The molecule has 1 aromatic heterocycles. The van der Waals surface area contributed by atoms with Crippen LogP contribution in [-0.4, -0.2) is 23.0 Å². The molecule has 1 amide bonds. The number of aryl methyl sites for hydroxylation is 1. The maximum Gasteiger partial charge on any atom is 0.311 e. The molecule has 0 spiro atoms. The number of carbonyl (C=O) groups is 1. The molecule has 0 saturated heterocycles. The molecule has 2 aromatic rings. The number of nitrogens with one attached hydrogen (secondary N) is 1. The summed E-state index contributed by atoms with van der Waals surface area (Å²) in [6.45, 7) is 1.65. The normalized spacial score (nSPS) is 10.2. The third-order valence-electron chi connectivity index (χ3n) is 3.17. The van der Waals surface area contributed by atoms with Gasteiger partial charge in [0, 0.05) is 23.9 Å². The van der Waals surface area contributed by atoms with Crippen molar-refractivity contribution in [1.29, 1.82) is 0 Å². The molecule has 1 heterocycles. The van der Waals surface area contributed by atoms with Gasteiger partial charge in [0.1, 0.15) is 0 Å². The number of anilines is 1. The Kier molecular flexibility index (Phi) is 4.75. The van der Waals surface area contributed by atoms with Crippen molar-refractivity contribution in [2.24, 2.45) is 0 Å². The number of rotatable bonds is 5. The Labute approximate surface area is 132 Å². The number of hydrogen-bond acceptors (Lipinski definition) is 5. The third kappa shape index (κ3) is 3.94. The van der Waals surface area contributed by atoms with Gasteiger partial charge in [-0.1, -0.05) is 0 Å². The van der Waals surface area contributed by atoms with Crippen LogP contribution < -0.4 is 14.6 Å². The minimum Gasteiger partial charge on any atom is -0.503 e. The summed E-state index contributed by atoms with van der Waals surface area (Å²) in [6, 6.07) is 5.87. The van der Waals surface area contributed by atoms with Crippen LogP contribution in [0.4, 0.5) is 11.4 Å². The van der Waals surface area contributed by atoms with E-state index in [9.17, 15) is 20.0 Å². The SMILES string of the molecule is COc1cc(NC(=O)C[n+]2cccc(O)c2)c(C)cc1[N+](=O)[O-]. The van der Waals surface area contributed by atoms with E-state index < -0.39 is 4.92 Å². The number of benzene rings is 1. The Hall–Kier alpha value is -3.16. The maximum atomic E-state index is 12.1. The van der Waals surface area contributed by atoms with Crippen molar-refractivity contribution in [3.63, 3.8) is 0 Å². The quantitative estimate of drug-likeness (QED) is 0.494. The first-order valence-electron chi connectivity index (χ1n) is 6.71. The van der Waals surface area contributed by atoms with Crippen LogP contribution >= 0.6 is 0 Å². The molecule has 0 radical (unpaired) electrons. The third-order valence-corrected chi connectivity index (χ3v) is 3.17. The lowest BCUT2D eigenvalue weighted by molar-refractivity contribution is -0.684. The molecule has 0 aliphatic rings. The lowest BCUT2D eigenvalue weighted by atomic mass is 10.1. The summed E-state index contributed by atoms with van der Waals surface area (Å²) < 4.78 is 6.50. The molecule has 2 N–H and O–H groups in total. The van der Waals surface area contributed by atoms with E-state index in [4.69, 9.17) is 4.74 Å². The number of pyridine rings is 1. The highest BCUT2D eigenvalue weighted by Gasteiger charge is 2.19. The summed E-state index contributed by atoms with van der Waals surface area (Å²) in [5.41, 5.74) is 0.815. The molecule has 0 atom stereocenters. The first-order chi connectivity index (χ1) is 10.9. The van der Waals surface area contributed by atoms with Crippen LogP contribution in [0.2, 0.25) is 0 Å². The van der Waals surface area contributed by atoms with Gasteiger partial charge in [-0.05, 0) is 18.6 Å². The minimum absolute atomic E-state index is 0.00680. The number of nitro benzene ring substituents is 1. The van der Waals surface area contributed by atoms with Crippen molar-refractivity contribution in [2.45, 2.75) is 13.5 Å². The van der Waals surface area contributed by atoms with Gasteiger partial charge in [0.05, 0.1) is 12.0 Å². The number of ether oxygens (including phenoxy) is 1. The molecule has 0 fully saturated rings. The molecule has 8 nitrogen and oxygen atoms in total. The predicted molar refractivity (Wildman–Crippen MR) is 81.3 cm³/mol. The summed E-state index contributed by atoms with van der Waals surface area (Å²) in [6.07, 6.45) is 3.06. The number of amides is 1. The molecule has 1 aromatic carbocycles. The lowest BCUT2D eigenvalue weighted by Gasteiger charge is -2.09. The number of aromatic nitrogens is 1. The summed E-state index contributed by atoms with van der Waals surface area (Å²) in [4.78, 5) is 22.5. The summed E-state index contributed by atoms with van der Waals surface area (Å²) >= 11 is 0. The Bertz CT molecular complexity index is 761. The Morgan fingerprint density at radius 2 is 2.22 bits per heavy atom. The zero-order chi connectivity index (χ0) is 17.0. The maximum absolute atomic E-state index is 12.1. The second-order valence-corrected chi connectivity index (χ2v) is 4.88. The van der Waals surface area contributed by atoms with Crippen LogP contribution in [0.15, 0.2) is 36.7 Å². The van der Waals surface area contributed by atoms with Crippen LogP contribution in [0.3, 0.4) is 0 Å². The second-order valence-electron chi connectivity index (χ2n) is 4.88. The molecule has 0 unspecified atom stereocenters.